The van der Waals surface area contributed by atoms with E-state index in [0.717, 1.165) is 21.6 Å². The molecule has 1 amide bonds. The smallest absolute Gasteiger partial charge is 0.285 e. The van der Waals surface area contributed by atoms with Crippen molar-refractivity contribution < 1.29 is 13.2 Å². The fourth-order valence-electron chi connectivity index (χ4n) is 3.93. The highest BCUT2D eigenvalue weighted by Crippen LogP contribution is 2.32. The SMILES string of the molecule is Cc1nc2ccc(NC(=O)C3CCCN3C3=NS(=O)(=O)c4ccccc43)cc2s1. The monoisotopic (exact) mass is 426 g/mol. The lowest BCUT2D eigenvalue weighted by molar-refractivity contribution is -0.119. The van der Waals surface area contributed by atoms with Crippen molar-refractivity contribution in [3.8, 4) is 0 Å². The first-order chi connectivity index (χ1) is 13.9. The number of nitrogens with zero attached hydrogens (tertiary/aromatic N) is 3. The Hall–Kier alpha value is -2.78. The molecule has 1 unspecified atom stereocenters. The van der Waals surface area contributed by atoms with Crippen molar-refractivity contribution in [1.29, 1.82) is 0 Å². The number of nitrogens with one attached hydrogen (secondary N) is 1. The number of anilines is 1. The normalized spacial score (nSPS) is 20.0. The number of fused-ring (bicyclic) bond motifs is 2. The molecule has 9 heteroatoms. The van der Waals surface area contributed by atoms with Crippen molar-refractivity contribution >= 4 is 49.0 Å². The Bertz CT molecular complexity index is 1280. The van der Waals surface area contributed by atoms with Crippen LogP contribution in [0.25, 0.3) is 10.2 Å². The fraction of sp³-hybridized carbons (Fsp3) is 0.250. The molecule has 1 saturated heterocycles. The molecule has 1 fully saturated rings. The Kier molecular flexibility index (Phi) is 4.18. The molecule has 2 aromatic carbocycles. The van der Waals surface area contributed by atoms with Gasteiger partial charge in [-0.25, -0.2) is 4.98 Å². The summed E-state index contributed by atoms with van der Waals surface area (Å²) in [6, 6.07) is 12.0. The Morgan fingerprint density at radius 2 is 2.07 bits per heavy atom. The van der Waals surface area contributed by atoms with E-state index >= 15 is 0 Å². The number of benzene rings is 2. The quantitative estimate of drug-likeness (QED) is 0.680. The molecule has 0 spiro atoms. The summed E-state index contributed by atoms with van der Waals surface area (Å²) in [4.78, 5) is 19.5. The van der Waals surface area contributed by atoms with Crippen molar-refractivity contribution in [3.05, 3.63) is 53.0 Å². The molecule has 7 nitrogen and oxygen atoms in total. The number of aromatic nitrogens is 1. The first kappa shape index (κ1) is 18.3. The number of carbonyl (C=O) groups is 1. The lowest BCUT2D eigenvalue weighted by Gasteiger charge is -2.25. The summed E-state index contributed by atoms with van der Waals surface area (Å²) >= 11 is 1.58. The molecule has 2 aliphatic rings. The summed E-state index contributed by atoms with van der Waals surface area (Å²) in [5.41, 5.74) is 2.18. The molecule has 1 aromatic heterocycles. The van der Waals surface area contributed by atoms with Crippen LogP contribution in [-0.4, -0.2) is 42.6 Å². The van der Waals surface area contributed by atoms with Crippen molar-refractivity contribution in [2.75, 3.05) is 11.9 Å². The maximum absolute atomic E-state index is 13.0. The number of carbonyl (C=O) groups excluding carboxylic acids is 1. The minimum atomic E-state index is -3.71. The minimum absolute atomic E-state index is 0.160. The lowest BCUT2D eigenvalue weighted by atomic mass is 10.1. The van der Waals surface area contributed by atoms with Crippen LogP contribution in [0, 0.1) is 6.92 Å². The van der Waals surface area contributed by atoms with Crippen molar-refractivity contribution in [2.24, 2.45) is 4.40 Å². The maximum Gasteiger partial charge on any atom is 0.285 e. The van der Waals surface area contributed by atoms with Crippen molar-refractivity contribution in [3.63, 3.8) is 0 Å². The van der Waals surface area contributed by atoms with Gasteiger partial charge in [-0.05, 0) is 50.1 Å². The number of hydrogen-bond acceptors (Lipinski definition) is 6. The first-order valence-electron chi connectivity index (χ1n) is 9.31. The molecule has 0 bridgehead atoms. The van der Waals surface area contributed by atoms with Gasteiger partial charge in [0.15, 0.2) is 5.84 Å². The molecule has 3 aromatic rings. The van der Waals surface area contributed by atoms with Gasteiger partial charge in [0.25, 0.3) is 10.0 Å². The van der Waals surface area contributed by atoms with E-state index in [-0.39, 0.29) is 10.8 Å². The van der Waals surface area contributed by atoms with Crippen LogP contribution in [0.15, 0.2) is 51.8 Å². The average molecular weight is 427 g/mol. The van der Waals surface area contributed by atoms with E-state index in [2.05, 4.69) is 14.7 Å². The summed E-state index contributed by atoms with van der Waals surface area (Å²) < 4.78 is 29.8. The first-order valence-corrected chi connectivity index (χ1v) is 11.6. The Morgan fingerprint density at radius 3 is 2.93 bits per heavy atom. The molecule has 1 N–H and O–H groups in total. The van der Waals surface area contributed by atoms with Crippen molar-refractivity contribution in [2.45, 2.75) is 30.7 Å². The van der Waals surface area contributed by atoms with Gasteiger partial charge >= 0.3 is 0 Å². The van der Waals surface area contributed by atoms with E-state index in [4.69, 9.17) is 0 Å². The number of thiazole rings is 1. The van der Waals surface area contributed by atoms with Gasteiger partial charge in [-0.3, -0.25) is 4.79 Å². The van der Waals surface area contributed by atoms with E-state index in [0.29, 0.717) is 30.1 Å². The summed E-state index contributed by atoms with van der Waals surface area (Å²) in [5.74, 6) is 0.208. The van der Waals surface area contributed by atoms with Crippen LogP contribution in [0.3, 0.4) is 0 Å². The van der Waals surface area contributed by atoms with Crippen LogP contribution < -0.4 is 5.32 Å². The van der Waals surface area contributed by atoms with Gasteiger partial charge in [-0.15, -0.1) is 15.7 Å². The fourth-order valence-corrected chi connectivity index (χ4v) is 6.02. The number of likely N-dealkylation sites (tertiary alicyclic amines) is 1. The van der Waals surface area contributed by atoms with Crippen LogP contribution in [0.2, 0.25) is 0 Å². The Labute approximate surface area is 172 Å². The number of aryl methyl sites for hydroxylation is 1. The highest BCUT2D eigenvalue weighted by atomic mass is 32.2. The van der Waals surface area contributed by atoms with Gasteiger partial charge < -0.3 is 10.2 Å². The van der Waals surface area contributed by atoms with Crippen LogP contribution in [0.4, 0.5) is 5.69 Å². The van der Waals surface area contributed by atoms with Gasteiger partial charge in [-0.2, -0.15) is 8.42 Å². The van der Waals surface area contributed by atoms with E-state index in [9.17, 15) is 13.2 Å². The summed E-state index contributed by atoms with van der Waals surface area (Å²) in [7, 11) is -3.71. The summed E-state index contributed by atoms with van der Waals surface area (Å²) in [6.07, 6.45) is 1.45. The van der Waals surface area contributed by atoms with Crippen LogP contribution in [0.5, 0.6) is 0 Å². The van der Waals surface area contributed by atoms with Crippen LogP contribution in [0.1, 0.15) is 23.4 Å². The second-order valence-corrected chi connectivity index (χ2v) is 9.95. The summed E-state index contributed by atoms with van der Waals surface area (Å²) in [5, 5.41) is 3.95. The van der Waals surface area contributed by atoms with Gasteiger partial charge in [0, 0.05) is 17.8 Å². The molecular weight excluding hydrogens is 408 g/mol. The molecule has 0 radical (unpaired) electrons. The summed E-state index contributed by atoms with van der Waals surface area (Å²) in [6.45, 7) is 2.54. The zero-order valence-corrected chi connectivity index (χ0v) is 17.3. The average Bonchev–Trinajstić information content (AvgIpc) is 3.37. The molecule has 1 atom stereocenters. The molecule has 148 valence electrons. The molecule has 0 saturated carbocycles. The minimum Gasteiger partial charge on any atom is -0.343 e. The second kappa shape index (κ2) is 6.64. The van der Waals surface area contributed by atoms with Gasteiger partial charge in [0.1, 0.15) is 10.9 Å². The van der Waals surface area contributed by atoms with Crippen molar-refractivity contribution in [1.82, 2.24) is 9.88 Å². The number of hydrogen-bond donors (Lipinski definition) is 1. The van der Waals surface area contributed by atoms with Crippen LogP contribution >= 0.6 is 11.3 Å². The molecule has 2 aliphatic heterocycles. The zero-order chi connectivity index (χ0) is 20.2. The van der Waals surface area contributed by atoms with Crippen LogP contribution in [-0.2, 0) is 14.8 Å². The predicted octanol–water partition coefficient (Wildman–Crippen LogP) is 3.16. The molecule has 29 heavy (non-hydrogen) atoms. The maximum atomic E-state index is 13.0. The van der Waals surface area contributed by atoms with E-state index in [1.165, 1.54) is 0 Å². The number of amides is 1. The number of sulfonamides is 1. The molecule has 5 rings (SSSR count). The number of rotatable bonds is 2. The lowest BCUT2D eigenvalue weighted by Crippen LogP contribution is -2.43. The predicted molar refractivity (Wildman–Crippen MR) is 113 cm³/mol. The number of amidine groups is 1. The van der Waals surface area contributed by atoms with Gasteiger partial charge in [-0.1, -0.05) is 12.1 Å². The van der Waals surface area contributed by atoms with E-state index < -0.39 is 16.1 Å². The zero-order valence-electron chi connectivity index (χ0n) is 15.6. The molecular formula is C20H18N4O3S2. The highest BCUT2D eigenvalue weighted by Gasteiger charge is 2.39. The topological polar surface area (TPSA) is 91.7 Å². The Morgan fingerprint density at radius 1 is 1.24 bits per heavy atom. The third-order valence-electron chi connectivity index (χ3n) is 5.20. The molecule has 3 heterocycles. The largest absolute Gasteiger partial charge is 0.343 e. The van der Waals surface area contributed by atoms with E-state index in [1.807, 2.05) is 30.0 Å². The highest BCUT2D eigenvalue weighted by molar-refractivity contribution is 7.90. The van der Waals surface area contributed by atoms with Gasteiger partial charge in [0.2, 0.25) is 5.91 Å². The van der Waals surface area contributed by atoms with E-state index in [1.54, 1.807) is 35.6 Å². The third-order valence-corrected chi connectivity index (χ3v) is 7.46. The molecule has 0 aliphatic carbocycles. The Balaban J connectivity index is 1.43. The standard InChI is InChI=1S/C20H18N4O3S2/c1-12-21-15-9-8-13(11-17(15)28-12)22-20(25)16-6-4-10-24(16)19-14-5-2-3-7-18(14)29(26,27)23-19/h2-3,5,7-9,11,16H,4,6,10H2,1H3,(H,22,25). The third kappa shape index (κ3) is 3.10. The second-order valence-electron chi connectivity index (χ2n) is 7.14. The van der Waals surface area contributed by atoms with Gasteiger partial charge in [0.05, 0.1) is 15.2 Å².